The van der Waals surface area contributed by atoms with Crippen LogP contribution in [0.5, 0.6) is 0 Å². The van der Waals surface area contributed by atoms with Crippen LogP contribution in [-0.4, -0.2) is 4.98 Å². The highest BCUT2D eigenvalue weighted by atomic mass is 35.5. The van der Waals surface area contributed by atoms with E-state index in [1.807, 2.05) is 12.3 Å². The van der Waals surface area contributed by atoms with Gasteiger partial charge in [0.1, 0.15) is 0 Å². The van der Waals surface area contributed by atoms with Gasteiger partial charge in [-0.05, 0) is 13.0 Å². The first-order valence-corrected chi connectivity index (χ1v) is 4.12. The van der Waals surface area contributed by atoms with E-state index in [-0.39, 0.29) is 12.4 Å². The summed E-state index contributed by atoms with van der Waals surface area (Å²) in [7, 11) is 0. The van der Waals surface area contributed by atoms with Crippen LogP contribution in [0, 0.1) is 6.92 Å². The lowest BCUT2D eigenvalue weighted by atomic mass is 10.1. The normalized spacial score (nSPS) is 9.57. The van der Waals surface area contributed by atoms with Crippen LogP contribution in [0.25, 0.3) is 10.8 Å². The molecular weight excluding hydrogens is 198 g/mol. The molecule has 1 aromatic heterocycles. The van der Waals surface area contributed by atoms with E-state index < -0.39 is 0 Å². The van der Waals surface area contributed by atoms with E-state index in [9.17, 15) is 0 Å². The van der Waals surface area contributed by atoms with E-state index in [0.717, 1.165) is 16.5 Å². The van der Waals surface area contributed by atoms with Crippen LogP contribution in [0.15, 0.2) is 30.6 Å². The molecule has 74 valence electrons. The fourth-order valence-electron chi connectivity index (χ4n) is 1.39. The van der Waals surface area contributed by atoms with Crippen molar-refractivity contribution in [2.75, 3.05) is 5.43 Å². The first-order valence-electron chi connectivity index (χ1n) is 4.12. The molecule has 2 rings (SSSR count). The lowest BCUT2D eigenvalue weighted by molar-refractivity contribution is 1.29. The van der Waals surface area contributed by atoms with Crippen LogP contribution in [0.4, 0.5) is 5.69 Å². The quantitative estimate of drug-likeness (QED) is 0.560. The molecule has 0 spiro atoms. The van der Waals surface area contributed by atoms with E-state index in [0.29, 0.717) is 0 Å². The molecule has 0 radical (unpaired) electrons. The van der Waals surface area contributed by atoms with Crippen LogP contribution in [0.2, 0.25) is 0 Å². The van der Waals surface area contributed by atoms with Gasteiger partial charge in [-0.1, -0.05) is 17.7 Å². The Hall–Kier alpha value is -1.32. The van der Waals surface area contributed by atoms with Crippen LogP contribution in [-0.2, 0) is 0 Å². The van der Waals surface area contributed by atoms with Crippen molar-refractivity contribution in [2.24, 2.45) is 5.84 Å². The van der Waals surface area contributed by atoms with Gasteiger partial charge in [0.15, 0.2) is 0 Å². The predicted octanol–water partition coefficient (Wildman–Crippen LogP) is 2.25. The van der Waals surface area contributed by atoms with Crippen LogP contribution in [0.3, 0.4) is 0 Å². The summed E-state index contributed by atoms with van der Waals surface area (Å²) in [6, 6.07) is 6.19. The third kappa shape index (κ3) is 1.78. The van der Waals surface area contributed by atoms with E-state index in [1.54, 1.807) is 6.20 Å². The Morgan fingerprint density at radius 2 is 2.07 bits per heavy atom. The third-order valence-corrected chi connectivity index (χ3v) is 2.07. The Balaban J connectivity index is 0.000000980. The number of nitrogen functional groups attached to an aromatic ring is 1. The molecule has 0 aliphatic rings. The van der Waals surface area contributed by atoms with Gasteiger partial charge in [0.2, 0.25) is 0 Å². The number of nitrogens with two attached hydrogens (primary N) is 1. The van der Waals surface area contributed by atoms with Gasteiger partial charge < -0.3 is 5.43 Å². The van der Waals surface area contributed by atoms with Crippen molar-refractivity contribution >= 4 is 28.9 Å². The number of benzene rings is 1. The molecular formula is C10H12ClN3. The lowest BCUT2D eigenvalue weighted by Gasteiger charge is -2.04. The minimum Gasteiger partial charge on any atom is -0.322 e. The number of nitrogens with one attached hydrogen (secondary N) is 1. The fourth-order valence-corrected chi connectivity index (χ4v) is 1.39. The molecule has 0 saturated carbocycles. The second kappa shape index (κ2) is 4.26. The summed E-state index contributed by atoms with van der Waals surface area (Å²) in [6.07, 6.45) is 3.55. The average molecular weight is 210 g/mol. The van der Waals surface area contributed by atoms with Crippen molar-refractivity contribution < 1.29 is 0 Å². The number of rotatable bonds is 1. The Morgan fingerprint density at radius 3 is 2.79 bits per heavy atom. The first-order chi connectivity index (χ1) is 6.31. The van der Waals surface area contributed by atoms with Gasteiger partial charge in [-0.2, -0.15) is 0 Å². The van der Waals surface area contributed by atoms with Crippen molar-refractivity contribution in [3.63, 3.8) is 0 Å². The molecule has 0 bridgehead atoms. The fraction of sp³-hybridized carbons (Fsp3) is 0.100. The summed E-state index contributed by atoms with van der Waals surface area (Å²) >= 11 is 0. The summed E-state index contributed by atoms with van der Waals surface area (Å²) in [4.78, 5) is 4.07. The number of hydrogen-bond donors (Lipinski definition) is 2. The maximum absolute atomic E-state index is 5.38. The summed E-state index contributed by atoms with van der Waals surface area (Å²) in [5, 5.41) is 2.21. The number of halogens is 1. The second-order valence-electron chi connectivity index (χ2n) is 3.06. The Morgan fingerprint density at radius 1 is 1.29 bits per heavy atom. The predicted molar refractivity (Wildman–Crippen MR) is 61.5 cm³/mol. The Bertz CT molecular complexity index is 442. The van der Waals surface area contributed by atoms with Gasteiger partial charge in [0.25, 0.3) is 0 Å². The van der Waals surface area contributed by atoms with Crippen molar-refractivity contribution in [1.29, 1.82) is 0 Å². The molecule has 0 amide bonds. The number of hydrazine groups is 1. The highest BCUT2D eigenvalue weighted by Gasteiger charge is 1.99. The molecule has 0 aliphatic carbocycles. The number of hydrogen-bond acceptors (Lipinski definition) is 3. The van der Waals surface area contributed by atoms with Crippen LogP contribution >= 0.6 is 12.4 Å². The molecule has 3 nitrogen and oxygen atoms in total. The molecule has 0 aliphatic heterocycles. The van der Waals surface area contributed by atoms with Gasteiger partial charge in [0, 0.05) is 17.0 Å². The number of anilines is 1. The first kappa shape index (κ1) is 10.8. The Labute approximate surface area is 88.7 Å². The highest BCUT2D eigenvalue weighted by Crippen LogP contribution is 2.21. The molecule has 0 unspecified atom stereocenters. The number of fused-ring (bicyclic) bond motifs is 1. The van der Waals surface area contributed by atoms with Gasteiger partial charge in [-0.15, -0.1) is 12.4 Å². The highest BCUT2D eigenvalue weighted by molar-refractivity contribution is 5.93. The zero-order valence-corrected chi connectivity index (χ0v) is 8.64. The third-order valence-electron chi connectivity index (χ3n) is 2.07. The molecule has 14 heavy (non-hydrogen) atoms. The number of aryl methyl sites for hydroxylation is 1. The minimum absolute atomic E-state index is 0. The van der Waals surface area contributed by atoms with Crippen molar-refractivity contribution in [2.45, 2.75) is 6.92 Å². The lowest BCUT2D eigenvalue weighted by Crippen LogP contribution is -2.07. The van der Waals surface area contributed by atoms with E-state index >= 15 is 0 Å². The summed E-state index contributed by atoms with van der Waals surface area (Å²) in [5.41, 5.74) is 4.71. The number of nitrogens with zero attached hydrogens (tertiary/aromatic N) is 1. The molecule has 1 aromatic carbocycles. The zero-order valence-electron chi connectivity index (χ0n) is 7.82. The van der Waals surface area contributed by atoms with Gasteiger partial charge in [-0.25, -0.2) is 0 Å². The zero-order chi connectivity index (χ0) is 9.26. The number of pyridine rings is 1. The van der Waals surface area contributed by atoms with E-state index in [2.05, 4.69) is 29.5 Å². The maximum Gasteiger partial charge on any atom is 0.0748 e. The molecule has 1 heterocycles. The minimum atomic E-state index is 0. The SMILES string of the molecule is Cc1ccc2cncc(NN)c2c1.Cl. The summed E-state index contributed by atoms with van der Waals surface area (Å²) in [5.74, 6) is 5.38. The van der Waals surface area contributed by atoms with Gasteiger partial charge >= 0.3 is 0 Å². The van der Waals surface area contributed by atoms with Crippen LogP contribution in [0.1, 0.15) is 5.56 Å². The van der Waals surface area contributed by atoms with Crippen molar-refractivity contribution in [1.82, 2.24) is 4.98 Å². The molecule has 0 fully saturated rings. The smallest absolute Gasteiger partial charge is 0.0748 e. The van der Waals surface area contributed by atoms with Crippen molar-refractivity contribution in [3.8, 4) is 0 Å². The van der Waals surface area contributed by atoms with Gasteiger partial charge in [0.05, 0.1) is 11.9 Å². The molecule has 2 aromatic rings. The molecule has 0 saturated heterocycles. The second-order valence-corrected chi connectivity index (χ2v) is 3.06. The molecule has 3 N–H and O–H groups in total. The molecule has 4 heteroatoms. The standard InChI is InChI=1S/C10H11N3.ClH/c1-7-2-3-8-5-12-6-10(13-11)9(8)4-7;/h2-6,13H,11H2,1H3;1H. The summed E-state index contributed by atoms with van der Waals surface area (Å²) in [6.45, 7) is 2.06. The molecule has 0 atom stereocenters. The van der Waals surface area contributed by atoms with E-state index in [4.69, 9.17) is 5.84 Å². The van der Waals surface area contributed by atoms with Crippen molar-refractivity contribution in [3.05, 3.63) is 36.2 Å². The number of aromatic nitrogens is 1. The average Bonchev–Trinajstić information content (AvgIpc) is 2.17. The largest absolute Gasteiger partial charge is 0.322 e. The maximum atomic E-state index is 5.38. The van der Waals surface area contributed by atoms with E-state index in [1.165, 1.54) is 5.56 Å². The van der Waals surface area contributed by atoms with Crippen LogP contribution < -0.4 is 11.3 Å². The topological polar surface area (TPSA) is 50.9 Å². The monoisotopic (exact) mass is 209 g/mol. The summed E-state index contributed by atoms with van der Waals surface area (Å²) < 4.78 is 0. The Kier molecular flexibility index (Phi) is 3.28. The van der Waals surface area contributed by atoms with Gasteiger partial charge in [-0.3, -0.25) is 10.8 Å².